The number of nitrogens with one attached hydrogen (secondary N) is 1. The maximum absolute atomic E-state index is 12.5. The fraction of sp³-hybridized carbons (Fsp3) is 0.389. The van der Waals surface area contributed by atoms with Crippen molar-refractivity contribution in [2.24, 2.45) is 4.99 Å². The Kier molecular flexibility index (Phi) is 6.11. The van der Waals surface area contributed by atoms with Crippen molar-refractivity contribution >= 4 is 34.8 Å². The Morgan fingerprint density at radius 3 is 2.73 bits per heavy atom. The Hall–Kier alpha value is -2.12. The molecule has 0 saturated carbocycles. The monoisotopic (exact) mass is 391 g/mol. The summed E-state index contributed by atoms with van der Waals surface area (Å²) in [7, 11) is 1.74. The second-order valence-electron chi connectivity index (χ2n) is 6.13. The van der Waals surface area contributed by atoms with Gasteiger partial charge in [-0.3, -0.25) is 9.79 Å². The lowest BCUT2D eigenvalue weighted by atomic mass is 10.2. The molecule has 0 atom stereocenters. The summed E-state index contributed by atoms with van der Waals surface area (Å²) in [5.41, 5.74) is 1.08. The van der Waals surface area contributed by atoms with Gasteiger partial charge in [-0.15, -0.1) is 11.3 Å². The minimum absolute atomic E-state index is 0.0965. The molecular formula is C18H22ClN5OS. The Morgan fingerprint density at radius 2 is 2.12 bits per heavy atom. The number of hydrogen-bond donors (Lipinski definition) is 1. The van der Waals surface area contributed by atoms with Crippen LogP contribution in [0.5, 0.6) is 0 Å². The van der Waals surface area contributed by atoms with Crippen molar-refractivity contribution in [1.29, 1.82) is 0 Å². The second-order valence-corrected chi connectivity index (χ2v) is 7.88. The summed E-state index contributed by atoms with van der Waals surface area (Å²) < 4.78 is 0. The second kappa shape index (κ2) is 8.51. The van der Waals surface area contributed by atoms with Crippen molar-refractivity contribution in [3.63, 3.8) is 0 Å². The largest absolute Gasteiger partial charge is 0.350 e. The minimum atomic E-state index is 0.0965. The highest BCUT2D eigenvalue weighted by molar-refractivity contribution is 7.11. The first kappa shape index (κ1) is 18.7. The zero-order valence-electron chi connectivity index (χ0n) is 14.9. The van der Waals surface area contributed by atoms with Gasteiger partial charge >= 0.3 is 0 Å². The standard InChI is InChI=1S/C18H22ClN5OS/c1-13-9-21-16(26-13)10-22-18(20-2)24-8-7-23(17(25)12-24)11-14-3-5-15(19)6-4-14/h3-6,9H,7-8,10-12H2,1-2H3,(H,20,22). The van der Waals surface area contributed by atoms with Crippen LogP contribution < -0.4 is 5.32 Å². The number of carbonyl (C=O) groups is 1. The topological polar surface area (TPSA) is 60.8 Å². The summed E-state index contributed by atoms with van der Waals surface area (Å²) in [5.74, 6) is 0.830. The van der Waals surface area contributed by atoms with Crippen LogP contribution in [0, 0.1) is 6.92 Å². The Balaban J connectivity index is 1.54. The number of rotatable bonds is 4. The van der Waals surface area contributed by atoms with E-state index in [1.165, 1.54) is 4.88 Å². The molecule has 6 nitrogen and oxygen atoms in total. The van der Waals surface area contributed by atoms with Crippen LogP contribution in [0.25, 0.3) is 0 Å². The van der Waals surface area contributed by atoms with E-state index in [2.05, 4.69) is 15.3 Å². The molecule has 2 aromatic rings. The number of aryl methyl sites for hydroxylation is 1. The van der Waals surface area contributed by atoms with Gasteiger partial charge in [-0.2, -0.15) is 0 Å². The van der Waals surface area contributed by atoms with Crippen molar-refractivity contribution in [2.75, 3.05) is 26.7 Å². The van der Waals surface area contributed by atoms with Crippen LogP contribution in [0.15, 0.2) is 35.5 Å². The van der Waals surface area contributed by atoms with Crippen molar-refractivity contribution in [1.82, 2.24) is 20.1 Å². The van der Waals surface area contributed by atoms with Crippen molar-refractivity contribution in [3.8, 4) is 0 Å². The highest BCUT2D eigenvalue weighted by Gasteiger charge is 2.26. The SMILES string of the molecule is CN=C(NCc1ncc(C)s1)N1CCN(Cc2ccc(Cl)cc2)C(=O)C1. The number of hydrogen-bond acceptors (Lipinski definition) is 4. The summed E-state index contributed by atoms with van der Waals surface area (Å²) >= 11 is 7.58. The third-order valence-electron chi connectivity index (χ3n) is 4.18. The van der Waals surface area contributed by atoms with Gasteiger partial charge in [0.2, 0.25) is 5.91 Å². The van der Waals surface area contributed by atoms with Crippen LogP contribution in [-0.2, 0) is 17.9 Å². The summed E-state index contributed by atoms with van der Waals surface area (Å²) in [6.07, 6.45) is 1.86. The van der Waals surface area contributed by atoms with Gasteiger partial charge in [0.05, 0.1) is 13.1 Å². The van der Waals surface area contributed by atoms with E-state index in [0.717, 1.165) is 23.1 Å². The van der Waals surface area contributed by atoms with Crippen LogP contribution in [-0.4, -0.2) is 53.3 Å². The molecule has 8 heteroatoms. The van der Waals surface area contributed by atoms with Crippen LogP contribution in [0.2, 0.25) is 5.02 Å². The zero-order valence-corrected chi connectivity index (χ0v) is 16.5. The van der Waals surface area contributed by atoms with Crippen LogP contribution in [0.3, 0.4) is 0 Å². The molecule has 1 aromatic carbocycles. The minimum Gasteiger partial charge on any atom is -0.350 e. The number of nitrogens with zero attached hydrogens (tertiary/aromatic N) is 4. The molecule has 1 saturated heterocycles. The molecule has 1 aliphatic rings. The summed E-state index contributed by atoms with van der Waals surface area (Å²) in [6.45, 7) is 4.99. The molecule has 2 heterocycles. The van der Waals surface area contributed by atoms with Crippen LogP contribution in [0.1, 0.15) is 15.4 Å². The zero-order chi connectivity index (χ0) is 18.5. The number of aromatic nitrogens is 1. The number of thiazole rings is 1. The molecule has 0 spiro atoms. The molecule has 0 unspecified atom stereocenters. The molecule has 138 valence electrons. The van der Waals surface area contributed by atoms with Gasteiger partial charge < -0.3 is 15.1 Å². The van der Waals surface area contributed by atoms with Crippen molar-refractivity contribution in [2.45, 2.75) is 20.0 Å². The Morgan fingerprint density at radius 1 is 1.35 bits per heavy atom. The molecular weight excluding hydrogens is 370 g/mol. The highest BCUT2D eigenvalue weighted by atomic mass is 35.5. The molecule has 0 radical (unpaired) electrons. The average Bonchev–Trinajstić information content (AvgIpc) is 3.05. The van der Waals surface area contributed by atoms with Crippen molar-refractivity contribution < 1.29 is 4.79 Å². The van der Waals surface area contributed by atoms with Gasteiger partial charge in [-0.05, 0) is 24.6 Å². The van der Waals surface area contributed by atoms with E-state index in [-0.39, 0.29) is 5.91 Å². The molecule has 3 rings (SSSR count). The molecule has 26 heavy (non-hydrogen) atoms. The predicted octanol–water partition coefficient (Wildman–Crippen LogP) is 2.52. The molecule has 0 bridgehead atoms. The Labute approximate surface area is 162 Å². The summed E-state index contributed by atoms with van der Waals surface area (Å²) in [5, 5.41) is 5.01. The van der Waals surface area contributed by atoms with E-state index < -0.39 is 0 Å². The van der Waals surface area contributed by atoms with Gasteiger partial charge in [-0.25, -0.2) is 4.98 Å². The number of carbonyl (C=O) groups excluding carboxylic acids is 1. The number of piperazine rings is 1. The highest BCUT2D eigenvalue weighted by Crippen LogP contribution is 2.14. The molecule has 1 amide bonds. The van der Waals surface area contributed by atoms with Crippen LogP contribution >= 0.6 is 22.9 Å². The predicted molar refractivity (Wildman–Crippen MR) is 105 cm³/mol. The lowest BCUT2D eigenvalue weighted by Crippen LogP contribution is -2.54. The summed E-state index contributed by atoms with van der Waals surface area (Å²) in [6, 6.07) is 7.62. The van der Waals surface area contributed by atoms with Gasteiger partial charge in [0.15, 0.2) is 5.96 Å². The van der Waals surface area contributed by atoms with Crippen molar-refractivity contribution in [3.05, 3.63) is 50.9 Å². The maximum Gasteiger partial charge on any atom is 0.242 e. The number of benzene rings is 1. The number of guanidine groups is 1. The number of halogens is 1. The molecule has 1 aromatic heterocycles. The first-order chi connectivity index (χ1) is 12.5. The number of aliphatic imine (C=N–C) groups is 1. The fourth-order valence-corrected chi connectivity index (χ4v) is 3.69. The van der Waals surface area contributed by atoms with Gasteiger partial charge in [0.25, 0.3) is 0 Å². The quantitative estimate of drug-likeness (QED) is 0.642. The lowest BCUT2D eigenvalue weighted by Gasteiger charge is -2.36. The van der Waals surface area contributed by atoms with Gasteiger partial charge in [-0.1, -0.05) is 23.7 Å². The van der Waals surface area contributed by atoms with E-state index in [4.69, 9.17) is 11.6 Å². The number of amides is 1. The molecule has 1 N–H and O–H groups in total. The van der Waals surface area contributed by atoms with Gasteiger partial charge in [0, 0.05) is 42.8 Å². The fourth-order valence-electron chi connectivity index (χ4n) is 2.84. The lowest BCUT2D eigenvalue weighted by molar-refractivity contribution is -0.135. The molecule has 0 aliphatic carbocycles. The molecule has 1 aliphatic heterocycles. The van der Waals surface area contributed by atoms with Gasteiger partial charge in [0.1, 0.15) is 5.01 Å². The van der Waals surface area contributed by atoms with E-state index in [1.54, 1.807) is 18.4 Å². The van der Waals surface area contributed by atoms with Crippen LogP contribution in [0.4, 0.5) is 0 Å². The Bertz CT molecular complexity index is 789. The van der Waals surface area contributed by atoms with E-state index in [1.807, 2.05) is 47.2 Å². The normalized spacial score (nSPS) is 15.5. The smallest absolute Gasteiger partial charge is 0.242 e. The maximum atomic E-state index is 12.5. The van der Waals surface area contributed by atoms with E-state index in [0.29, 0.717) is 31.2 Å². The van der Waals surface area contributed by atoms with E-state index >= 15 is 0 Å². The molecule has 1 fully saturated rings. The van der Waals surface area contributed by atoms with E-state index in [9.17, 15) is 4.79 Å². The summed E-state index contributed by atoms with van der Waals surface area (Å²) in [4.78, 5) is 26.2. The third kappa shape index (κ3) is 4.74. The average molecular weight is 392 g/mol. The first-order valence-electron chi connectivity index (χ1n) is 8.44. The first-order valence-corrected chi connectivity index (χ1v) is 9.63. The third-order valence-corrected chi connectivity index (χ3v) is 5.35.